The maximum Gasteiger partial charge on any atom is 0.262 e. The van der Waals surface area contributed by atoms with E-state index in [0.29, 0.717) is 43.9 Å². The Balaban J connectivity index is 1.95. The van der Waals surface area contributed by atoms with Crippen molar-refractivity contribution >= 4 is 27.5 Å². The number of carbonyl (C=O) groups excluding carboxylic acids is 1. The number of methoxy groups -OCH3 is 1. The van der Waals surface area contributed by atoms with E-state index in [2.05, 4.69) is 15.0 Å². The first kappa shape index (κ1) is 19.4. The molecule has 0 aromatic heterocycles. The molecule has 0 atom stereocenters. The zero-order chi connectivity index (χ0) is 18.1. The van der Waals surface area contributed by atoms with Gasteiger partial charge < -0.3 is 10.1 Å². The molecule has 25 heavy (non-hydrogen) atoms. The van der Waals surface area contributed by atoms with Gasteiger partial charge in [-0.05, 0) is 43.5 Å². The number of ether oxygens (including phenoxy) is 1. The second-order valence-electron chi connectivity index (χ2n) is 5.91. The molecule has 1 heterocycles. The summed E-state index contributed by atoms with van der Waals surface area (Å²) in [5.74, 6) is 0.395. The van der Waals surface area contributed by atoms with Crippen LogP contribution in [0, 0.1) is 0 Å². The Morgan fingerprint density at radius 3 is 2.68 bits per heavy atom. The predicted molar refractivity (Wildman–Crippen MR) is 97.3 cm³/mol. The Bertz CT molecular complexity index is 699. The number of benzene rings is 1. The zero-order valence-corrected chi connectivity index (χ0v) is 15.3. The molecule has 0 unspecified atom stereocenters. The van der Waals surface area contributed by atoms with Crippen molar-refractivity contribution in [1.82, 2.24) is 4.72 Å². The van der Waals surface area contributed by atoms with Crippen LogP contribution in [0.15, 0.2) is 34.2 Å². The van der Waals surface area contributed by atoms with Crippen molar-refractivity contribution in [2.75, 3.05) is 25.6 Å². The number of aliphatic imine (C=N–C) groups is 1. The van der Waals surface area contributed by atoms with E-state index in [9.17, 15) is 13.2 Å². The number of amides is 1. The topological polar surface area (TPSA) is 96.9 Å². The number of hydrogen-bond donors (Lipinski definition) is 2. The SMILES string of the molecule is COCCCC(=O)Nc1ccc(S(=O)(=O)NC2=NCCCCC2)cc1. The van der Waals surface area contributed by atoms with Crippen LogP contribution in [0.4, 0.5) is 5.69 Å². The third-order valence-corrected chi connectivity index (χ3v) is 5.22. The van der Waals surface area contributed by atoms with Crippen molar-refractivity contribution in [3.63, 3.8) is 0 Å². The van der Waals surface area contributed by atoms with Crippen LogP contribution in [0.5, 0.6) is 0 Å². The highest BCUT2D eigenvalue weighted by atomic mass is 32.2. The first-order chi connectivity index (χ1) is 12.0. The predicted octanol–water partition coefficient (Wildman–Crippen LogP) is 2.30. The molecule has 0 spiro atoms. The molecule has 2 rings (SSSR count). The van der Waals surface area contributed by atoms with Crippen LogP contribution in [-0.2, 0) is 19.6 Å². The standard InChI is InChI=1S/C17H25N3O4S/c1-24-13-5-7-17(21)19-14-8-10-15(11-9-14)25(22,23)20-16-6-3-2-4-12-18-16/h8-11H,2-7,12-13H2,1H3,(H,18,20)(H,19,21). The van der Waals surface area contributed by atoms with Gasteiger partial charge in [0.25, 0.3) is 10.0 Å². The summed E-state index contributed by atoms with van der Waals surface area (Å²) in [6.45, 7) is 1.19. The lowest BCUT2D eigenvalue weighted by Crippen LogP contribution is -2.30. The van der Waals surface area contributed by atoms with Crippen molar-refractivity contribution in [3.05, 3.63) is 24.3 Å². The summed E-state index contributed by atoms with van der Waals surface area (Å²) < 4.78 is 32.3. The van der Waals surface area contributed by atoms with Crippen LogP contribution >= 0.6 is 0 Å². The van der Waals surface area contributed by atoms with E-state index >= 15 is 0 Å². The molecule has 8 heteroatoms. The fourth-order valence-electron chi connectivity index (χ4n) is 2.49. The molecule has 1 aliphatic rings. The quantitative estimate of drug-likeness (QED) is 0.723. The van der Waals surface area contributed by atoms with Crippen molar-refractivity contribution in [1.29, 1.82) is 0 Å². The third-order valence-electron chi connectivity index (χ3n) is 3.83. The summed E-state index contributed by atoms with van der Waals surface area (Å²) in [4.78, 5) is 16.2. The summed E-state index contributed by atoms with van der Waals surface area (Å²) in [5.41, 5.74) is 0.563. The number of rotatable bonds is 7. The molecule has 0 radical (unpaired) electrons. The molecule has 1 aromatic rings. The summed E-state index contributed by atoms with van der Waals surface area (Å²) >= 11 is 0. The first-order valence-corrected chi connectivity index (χ1v) is 9.94. The lowest BCUT2D eigenvalue weighted by atomic mass is 10.2. The number of carbonyl (C=O) groups is 1. The van der Waals surface area contributed by atoms with Crippen LogP contribution in [-0.4, -0.2) is 40.4 Å². The fraction of sp³-hybridized carbons (Fsp3) is 0.529. The Morgan fingerprint density at radius 2 is 1.96 bits per heavy atom. The minimum absolute atomic E-state index is 0.126. The third kappa shape index (κ3) is 6.47. The molecule has 1 aromatic carbocycles. The molecule has 7 nitrogen and oxygen atoms in total. The summed E-state index contributed by atoms with van der Waals surface area (Å²) in [6, 6.07) is 6.12. The maximum absolute atomic E-state index is 12.4. The van der Waals surface area contributed by atoms with Crippen LogP contribution < -0.4 is 10.0 Å². The van der Waals surface area contributed by atoms with Crippen LogP contribution in [0.2, 0.25) is 0 Å². The molecule has 0 saturated carbocycles. The molecule has 0 bridgehead atoms. The molecule has 0 aliphatic carbocycles. The van der Waals surface area contributed by atoms with Crippen molar-refractivity contribution in [3.8, 4) is 0 Å². The second-order valence-corrected chi connectivity index (χ2v) is 7.60. The van der Waals surface area contributed by atoms with Crippen LogP contribution in [0.25, 0.3) is 0 Å². The zero-order valence-electron chi connectivity index (χ0n) is 14.5. The number of hydrogen-bond acceptors (Lipinski definition) is 5. The normalized spacial score (nSPS) is 15.2. The first-order valence-electron chi connectivity index (χ1n) is 8.46. The molecule has 0 saturated heterocycles. The van der Waals surface area contributed by atoms with Gasteiger partial charge in [-0.15, -0.1) is 0 Å². The highest BCUT2D eigenvalue weighted by molar-refractivity contribution is 7.90. The van der Waals surface area contributed by atoms with E-state index in [0.717, 1.165) is 19.3 Å². The number of nitrogens with one attached hydrogen (secondary N) is 2. The number of sulfonamides is 1. The van der Waals surface area contributed by atoms with Gasteiger partial charge in [-0.2, -0.15) is 0 Å². The summed E-state index contributed by atoms with van der Waals surface area (Å²) in [5, 5.41) is 2.74. The van der Waals surface area contributed by atoms with Crippen molar-refractivity contribution in [2.24, 2.45) is 4.99 Å². The molecule has 1 aliphatic heterocycles. The lowest BCUT2D eigenvalue weighted by molar-refractivity contribution is -0.116. The molecule has 138 valence electrons. The van der Waals surface area contributed by atoms with E-state index in [-0.39, 0.29) is 10.8 Å². The summed E-state index contributed by atoms with van der Waals surface area (Å²) in [6.07, 6.45) is 4.64. The van der Waals surface area contributed by atoms with E-state index in [1.807, 2.05) is 0 Å². The van der Waals surface area contributed by atoms with Gasteiger partial charge in [0.1, 0.15) is 5.84 Å². The smallest absolute Gasteiger partial charge is 0.262 e. The minimum Gasteiger partial charge on any atom is -0.385 e. The highest BCUT2D eigenvalue weighted by Crippen LogP contribution is 2.15. The highest BCUT2D eigenvalue weighted by Gasteiger charge is 2.17. The Hall–Kier alpha value is -1.93. The molecule has 2 N–H and O–H groups in total. The minimum atomic E-state index is -3.65. The number of amidine groups is 1. The van der Waals surface area contributed by atoms with Gasteiger partial charge in [0.05, 0.1) is 4.90 Å². The maximum atomic E-state index is 12.4. The van der Waals surface area contributed by atoms with Gasteiger partial charge in [-0.3, -0.25) is 14.5 Å². The van der Waals surface area contributed by atoms with Gasteiger partial charge in [0.15, 0.2) is 0 Å². The Kier molecular flexibility index (Phi) is 7.39. The van der Waals surface area contributed by atoms with Crippen molar-refractivity contribution < 1.29 is 17.9 Å². The average Bonchev–Trinajstić information content (AvgIpc) is 2.84. The van der Waals surface area contributed by atoms with Crippen LogP contribution in [0.1, 0.15) is 38.5 Å². The van der Waals surface area contributed by atoms with Gasteiger partial charge in [0, 0.05) is 38.8 Å². The monoisotopic (exact) mass is 367 g/mol. The van der Waals surface area contributed by atoms with Gasteiger partial charge in [0.2, 0.25) is 5.91 Å². The molecular weight excluding hydrogens is 342 g/mol. The molecular formula is C17H25N3O4S. The van der Waals surface area contributed by atoms with E-state index in [4.69, 9.17) is 4.74 Å². The number of nitrogens with zero attached hydrogens (tertiary/aromatic N) is 1. The van der Waals surface area contributed by atoms with Gasteiger partial charge in [-0.1, -0.05) is 6.42 Å². The van der Waals surface area contributed by atoms with E-state index in [1.54, 1.807) is 19.2 Å². The summed E-state index contributed by atoms with van der Waals surface area (Å²) in [7, 11) is -2.06. The Morgan fingerprint density at radius 1 is 1.20 bits per heavy atom. The van der Waals surface area contributed by atoms with E-state index in [1.165, 1.54) is 12.1 Å². The Labute approximate surface area is 148 Å². The largest absolute Gasteiger partial charge is 0.385 e. The molecule has 1 amide bonds. The molecule has 0 fully saturated rings. The van der Waals surface area contributed by atoms with Gasteiger partial charge in [-0.25, -0.2) is 8.42 Å². The lowest BCUT2D eigenvalue weighted by Gasteiger charge is -2.10. The van der Waals surface area contributed by atoms with Crippen molar-refractivity contribution in [2.45, 2.75) is 43.4 Å². The average molecular weight is 367 g/mol. The van der Waals surface area contributed by atoms with Crippen LogP contribution in [0.3, 0.4) is 0 Å². The fourth-order valence-corrected chi connectivity index (χ4v) is 3.58. The second kappa shape index (κ2) is 9.53. The number of anilines is 1. The van der Waals surface area contributed by atoms with E-state index < -0.39 is 10.0 Å². The van der Waals surface area contributed by atoms with Gasteiger partial charge >= 0.3 is 0 Å².